The summed E-state index contributed by atoms with van der Waals surface area (Å²) >= 11 is 0. The molecule has 6 heteroatoms. The van der Waals surface area contributed by atoms with Gasteiger partial charge in [-0.1, -0.05) is 18.7 Å². The van der Waals surface area contributed by atoms with Gasteiger partial charge in [-0.05, 0) is 39.3 Å². The highest BCUT2D eigenvalue weighted by atomic mass is 19.1. The summed E-state index contributed by atoms with van der Waals surface area (Å²) in [5, 5.41) is 11.2. The number of alkyl carbamates (subject to hydrolysis) is 1. The lowest BCUT2D eigenvalue weighted by Crippen LogP contribution is -2.44. The molecule has 0 bridgehead atoms. The van der Waals surface area contributed by atoms with Crippen LogP contribution >= 0.6 is 0 Å². The fraction of sp³-hybridized carbons (Fsp3) is 0.429. The average molecular weight is 285 g/mol. The maximum Gasteiger partial charge on any atom is 0.408 e. The molecular formula is C14H20FNO4. The Morgan fingerprint density at radius 3 is 2.30 bits per heavy atom. The molecule has 0 rings (SSSR count). The second kappa shape index (κ2) is 7.47. The molecule has 112 valence electrons. The zero-order valence-corrected chi connectivity index (χ0v) is 12.1. The molecule has 0 aromatic carbocycles. The summed E-state index contributed by atoms with van der Waals surface area (Å²) in [5.41, 5.74) is -0.721. The zero-order chi connectivity index (χ0) is 15.9. The van der Waals surface area contributed by atoms with E-state index in [2.05, 4.69) is 11.9 Å². The molecule has 0 aliphatic rings. The molecule has 1 atom stereocenters. The third-order valence-corrected chi connectivity index (χ3v) is 2.01. The van der Waals surface area contributed by atoms with Crippen LogP contribution in [0.1, 0.15) is 27.7 Å². The first-order chi connectivity index (χ1) is 9.06. The number of nitrogens with one attached hydrogen (secondary N) is 1. The van der Waals surface area contributed by atoms with E-state index < -0.39 is 29.5 Å². The Morgan fingerprint density at radius 2 is 1.90 bits per heavy atom. The number of aliphatic carboxylic acids is 1. The monoisotopic (exact) mass is 285 g/mol. The van der Waals surface area contributed by atoms with Gasteiger partial charge in [0.05, 0.1) is 0 Å². The molecule has 5 nitrogen and oxygen atoms in total. The highest BCUT2D eigenvalue weighted by Gasteiger charge is 2.25. The van der Waals surface area contributed by atoms with Crippen molar-refractivity contribution in [2.24, 2.45) is 0 Å². The van der Waals surface area contributed by atoms with Crippen molar-refractivity contribution in [2.45, 2.75) is 39.3 Å². The van der Waals surface area contributed by atoms with Crippen molar-refractivity contribution in [1.82, 2.24) is 5.32 Å². The summed E-state index contributed by atoms with van der Waals surface area (Å²) in [4.78, 5) is 22.6. The number of hydrogen-bond donors (Lipinski definition) is 2. The number of hydrogen-bond acceptors (Lipinski definition) is 3. The number of allylic oxidation sites excluding steroid dienone is 3. The number of halogens is 1. The first-order valence-electron chi connectivity index (χ1n) is 5.98. The minimum Gasteiger partial charge on any atom is -0.479 e. The molecule has 0 heterocycles. The number of amides is 1. The lowest BCUT2D eigenvalue weighted by Gasteiger charge is -2.22. The van der Waals surface area contributed by atoms with Gasteiger partial charge in [0, 0.05) is 0 Å². The maximum atomic E-state index is 12.9. The Kier molecular flexibility index (Phi) is 6.68. The third-order valence-electron chi connectivity index (χ3n) is 2.01. The van der Waals surface area contributed by atoms with Gasteiger partial charge in [-0.3, -0.25) is 0 Å². The van der Waals surface area contributed by atoms with Gasteiger partial charge in [0.2, 0.25) is 0 Å². The van der Waals surface area contributed by atoms with Gasteiger partial charge in [-0.2, -0.15) is 0 Å². The number of carboxylic acids is 1. The number of carboxylic acid groups (broad SMARTS) is 1. The van der Waals surface area contributed by atoms with Gasteiger partial charge < -0.3 is 15.2 Å². The molecule has 0 aromatic rings. The Bertz CT molecular complexity index is 447. The van der Waals surface area contributed by atoms with Crippen molar-refractivity contribution in [3.63, 3.8) is 0 Å². The quantitative estimate of drug-likeness (QED) is 0.761. The number of rotatable bonds is 5. The molecule has 0 aromatic heterocycles. The maximum absolute atomic E-state index is 12.9. The number of carbonyl (C=O) groups is 2. The van der Waals surface area contributed by atoms with Crippen LogP contribution in [-0.2, 0) is 9.53 Å². The summed E-state index contributed by atoms with van der Waals surface area (Å²) in [6.07, 6.45) is 2.58. The van der Waals surface area contributed by atoms with Crippen LogP contribution in [0.4, 0.5) is 9.18 Å². The SMILES string of the molecule is C=C(C=CC(F)=CC)C(NC(=O)OC(C)(C)C)C(=O)O. The van der Waals surface area contributed by atoms with Crippen LogP contribution in [0.15, 0.2) is 36.2 Å². The largest absolute Gasteiger partial charge is 0.479 e. The minimum absolute atomic E-state index is 0.0281. The molecule has 0 radical (unpaired) electrons. The Balaban J connectivity index is 4.83. The van der Waals surface area contributed by atoms with Crippen LogP contribution in [0.25, 0.3) is 0 Å². The Labute approximate surface area is 117 Å². The summed E-state index contributed by atoms with van der Waals surface area (Å²) < 4.78 is 17.9. The smallest absolute Gasteiger partial charge is 0.408 e. The fourth-order valence-electron chi connectivity index (χ4n) is 1.12. The first-order valence-corrected chi connectivity index (χ1v) is 5.98. The molecule has 1 unspecified atom stereocenters. The number of carbonyl (C=O) groups excluding carboxylic acids is 1. The fourth-order valence-corrected chi connectivity index (χ4v) is 1.12. The molecular weight excluding hydrogens is 265 g/mol. The van der Waals surface area contributed by atoms with Crippen molar-refractivity contribution in [3.05, 3.63) is 36.2 Å². The average Bonchev–Trinajstić information content (AvgIpc) is 2.29. The molecule has 0 saturated heterocycles. The zero-order valence-electron chi connectivity index (χ0n) is 12.1. The predicted octanol–water partition coefficient (Wildman–Crippen LogP) is 2.95. The van der Waals surface area contributed by atoms with Gasteiger partial charge in [0.15, 0.2) is 6.04 Å². The molecule has 1 amide bonds. The van der Waals surface area contributed by atoms with Crippen LogP contribution in [-0.4, -0.2) is 28.8 Å². The molecule has 0 fully saturated rings. The number of ether oxygens (including phenoxy) is 1. The standard InChI is InChI=1S/C14H20FNO4/c1-6-10(15)8-7-9(2)11(12(17)18)16-13(19)20-14(3,4)5/h6-8,11H,2H2,1,3-5H3,(H,16,19)(H,17,18). The van der Waals surface area contributed by atoms with Crippen molar-refractivity contribution >= 4 is 12.1 Å². The van der Waals surface area contributed by atoms with E-state index in [1.807, 2.05) is 0 Å². The van der Waals surface area contributed by atoms with Gasteiger partial charge in [0.25, 0.3) is 0 Å². The molecule has 0 spiro atoms. The van der Waals surface area contributed by atoms with Crippen LogP contribution in [0.2, 0.25) is 0 Å². The minimum atomic E-state index is -1.38. The van der Waals surface area contributed by atoms with Crippen LogP contribution in [0, 0.1) is 0 Å². The summed E-state index contributed by atoms with van der Waals surface area (Å²) in [5.74, 6) is -1.85. The predicted molar refractivity (Wildman–Crippen MR) is 73.9 cm³/mol. The van der Waals surface area contributed by atoms with E-state index in [-0.39, 0.29) is 5.57 Å². The van der Waals surface area contributed by atoms with Gasteiger partial charge >= 0.3 is 12.1 Å². The molecule has 2 N–H and O–H groups in total. The highest BCUT2D eigenvalue weighted by molar-refractivity contribution is 5.83. The third kappa shape index (κ3) is 7.35. The van der Waals surface area contributed by atoms with Crippen LogP contribution in [0.3, 0.4) is 0 Å². The van der Waals surface area contributed by atoms with Gasteiger partial charge in [-0.25, -0.2) is 14.0 Å². The van der Waals surface area contributed by atoms with E-state index in [1.165, 1.54) is 19.1 Å². The van der Waals surface area contributed by atoms with E-state index >= 15 is 0 Å². The Morgan fingerprint density at radius 1 is 1.35 bits per heavy atom. The summed E-state index contributed by atoms with van der Waals surface area (Å²) in [6.45, 7) is 9.95. The highest BCUT2D eigenvalue weighted by Crippen LogP contribution is 2.10. The Hall–Kier alpha value is -2.11. The van der Waals surface area contributed by atoms with Crippen molar-refractivity contribution in [3.8, 4) is 0 Å². The first kappa shape index (κ1) is 17.9. The van der Waals surface area contributed by atoms with E-state index in [1.54, 1.807) is 20.8 Å². The van der Waals surface area contributed by atoms with Crippen molar-refractivity contribution in [1.29, 1.82) is 0 Å². The van der Waals surface area contributed by atoms with Crippen LogP contribution in [0.5, 0.6) is 0 Å². The molecule has 20 heavy (non-hydrogen) atoms. The van der Waals surface area contributed by atoms with E-state index in [0.29, 0.717) is 0 Å². The summed E-state index contributed by atoms with van der Waals surface area (Å²) in [6, 6.07) is -1.38. The van der Waals surface area contributed by atoms with Crippen LogP contribution < -0.4 is 5.32 Å². The van der Waals surface area contributed by atoms with Gasteiger partial charge in [-0.15, -0.1) is 0 Å². The second-order valence-electron chi connectivity index (χ2n) is 5.00. The lowest BCUT2D eigenvalue weighted by molar-refractivity contribution is -0.138. The van der Waals surface area contributed by atoms with E-state index in [4.69, 9.17) is 9.84 Å². The second-order valence-corrected chi connectivity index (χ2v) is 5.00. The lowest BCUT2D eigenvalue weighted by atomic mass is 10.1. The van der Waals surface area contributed by atoms with Gasteiger partial charge in [0.1, 0.15) is 11.4 Å². The van der Waals surface area contributed by atoms with Crippen molar-refractivity contribution < 1.29 is 23.8 Å². The topological polar surface area (TPSA) is 75.6 Å². The van der Waals surface area contributed by atoms with E-state index in [9.17, 15) is 14.0 Å². The van der Waals surface area contributed by atoms with Crippen molar-refractivity contribution in [2.75, 3.05) is 0 Å². The molecule has 0 aliphatic carbocycles. The van der Waals surface area contributed by atoms with E-state index in [0.717, 1.165) is 6.08 Å². The molecule has 0 aliphatic heterocycles. The summed E-state index contributed by atoms with van der Waals surface area (Å²) in [7, 11) is 0. The molecule has 0 saturated carbocycles. The normalized spacial score (nSPS) is 13.9.